The van der Waals surface area contributed by atoms with E-state index in [-0.39, 0.29) is 25.3 Å². The fourth-order valence-corrected chi connectivity index (χ4v) is 2.90. The smallest absolute Gasteiger partial charge is 0.331 e. The molecule has 1 aromatic heterocycles. The average Bonchev–Trinajstić information content (AvgIpc) is 3.28. The standard InChI is InChI=1S/C18H17NO5S/c1-12(14-3-4-15-16(8-14)24-11-23-15)19-17(20)9-22-18(21)5-2-13-6-7-25-10-13/h2-8,10,12H,9,11H2,1H3,(H,19,20)/b5-2+/t12-/m1/s1. The van der Waals surface area contributed by atoms with Crippen molar-refractivity contribution in [2.45, 2.75) is 13.0 Å². The van der Waals surface area contributed by atoms with Gasteiger partial charge in [0.05, 0.1) is 6.04 Å². The topological polar surface area (TPSA) is 73.9 Å². The molecule has 1 amide bonds. The first-order chi connectivity index (χ1) is 12.1. The summed E-state index contributed by atoms with van der Waals surface area (Å²) in [7, 11) is 0. The molecule has 0 saturated carbocycles. The maximum absolute atomic E-state index is 11.9. The minimum absolute atomic E-state index is 0.203. The SMILES string of the molecule is C[C@@H](NC(=O)COC(=O)/C=C/c1ccsc1)c1ccc2c(c1)OCO2. The molecule has 130 valence electrons. The van der Waals surface area contributed by atoms with Crippen molar-refractivity contribution in [2.24, 2.45) is 0 Å². The molecular weight excluding hydrogens is 342 g/mol. The lowest BCUT2D eigenvalue weighted by Crippen LogP contribution is -2.30. The number of carbonyl (C=O) groups excluding carboxylic acids is 2. The van der Waals surface area contributed by atoms with Crippen molar-refractivity contribution in [3.05, 3.63) is 52.2 Å². The Bertz CT molecular complexity index is 785. The van der Waals surface area contributed by atoms with Gasteiger partial charge in [0, 0.05) is 6.08 Å². The van der Waals surface area contributed by atoms with Gasteiger partial charge in [-0.2, -0.15) is 11.3 Å². The van der Waals surface area contributed by atoms with Gasteiger partial charge in [-0.25, -0.2) is 4.79 Å². The molecular formula is C18H17NO5S. The van der Waals surface area contributed by atoms with Gasteiger partial charge in [0.1, 0.15) is 0 Å². The highest BCUT2D eigenvalue weighted by atomic mass is 32.1. The first-order valence-corrected chi connectivity index (χ1v) is 8.62. The maximum atomic E-state index is 11.9. The number of fused-ring (bicyclic) bond motifs is 1. The fourth-order valence-electron chi connectivity index (χ4n) is 2.27. The van der Waals surface area contributed by atoms with Crippen molar-refractivity contribution < 1.29 is 23.8 Å². The summed E-state index contributed by atoms with van der Waals surface area (Å²) in [5.74, 6) is 0.414. The molecule has 25 heavy (non-hydrogen) atoms. The molecule has 7 heteroatoms. The summed E-state index contributed by atoms with van der Waals surface area (Å²) >= 11 is 1.54. The molecule has 0 fully saturated rings. The number of thiophene rings is 1. The lowest BCUT2D eigenvalue weighted by molar-refractivity contribution is -0.144. The van der Waals surface area contributed by atoms with Gasteiger partial charge in [0.2, 0.25) is 6.79 Å². The molecule has 1 aliphatic heterocycles. The monoisotopic (exact) mass is 359 g/mol. The van der Waals surface area contributed by atoms with E-state index in [2.05, 4.69) is 5.32 Å². The van der Waals surface area contributed by atoms with E-state index < -0.39 is 5.97 Å². The van der Waals surface area contributed by atoms with Crippen LogP contribution in [-0.4, -0.2) is 25.3 Å². The van der Waals surface area contributed by atoms with Crippen LogP contribution in [0.1, 0.15) is 24.1 Å². The third-order valence-corrected chi connectivity index (χ3v) is 4.28. The van der Waals surface area contributed by atoms with Crippen molar-refractivity contribution in [2.75, 3.05) is 13.4 Å². The van der Waals surface area contributed by atoms with Crippen molar-refractivity contribution in [3.8, 4) is 11.5 Å². The Kier molecular flexibility index (Phi) is 5.35. The Morgan fingerprint density at radius 2 is 2.16 bits per heavy atom. The van der Waals surface area contributed by atoms with E-state index in [4.69, 9.17) is 14.2 Å². The third kappa shape index (κ3) is 4.60. The summed E-state index contributed by atoms with van der Waals surface area (Å²) < 4.78 is 15.5. The summed E-state index contributed by atoms with van der Waals surface area (Å²) in [5, 5.41) is 6.60. The second-order valence-corrected chi connectivity index (χ2v) is 6.18. The van der Waals surface area contributed by atoms with Crippen molar-refractivity contribution in [1.29, 1.82) is 0 Å². The highest BCUT2D eigenvalue weighted by Crippen LogP contribution is 2.34. The Morgan fingerprint density at radius 3 is 2.96 bits per heavy atom. The van der Waals surface area contributed by atoms with Gasteiger partial charge in [0.25, 0.3) is 5.91 Å². The zero-order valence-electron chi connectivity index (χ0n) is 13.6. The molecule has 2 heterocycles. The Morgan fingerprint density at radius 1 is 1.32 bits per heavy atom. The second-order valence-electron chi connectivity index (χ2n) is 5.40. The van der Waals surface area contributed by atoms with E-state index in [1.165, 1.54) is 17.4 Å². The number of amides is 1. The second kappa shape index (κ2) is 7.85. The molecule has 6 nitrogen and oxygen atoms in total. The number of rotatable bonds is 6. The third-order valence-electron chi connectivity index (χ3n) is 3.57. The summed E-state index contributed by atoms with van der Waals surface area (Å²) in [6, 6.07) is 7.11. The van der Waals surface area contributed by atoms with E-state index in [0.29, 0.717) is 11.5 Å². The number of hydrogen-bond donors (Lipinski definition) is 1. The molecule has 1 aliphatic rings. The van der Waals surface area contributed by atoms with Crippen LogP contribution in [0.4, 0.5) is 0 Å². The molecule has 3 rings (SSSR count). The zero-order valence-corrected chi connectivity index (χ0v) is 14.4. The molecule has 2 aromatic rings. The lowest BCUT2D eigenvalue weighted by Gasteiger charge is -2.14. The van der Waals surface area contributed by atoms with Gasteiger partial charge >= 0.3 is 5.97 Å². The van der Waals surface area contributed by atoms with Crippen LogP contribution in [0.5, 0.6) is 11.5 Å². The quantitative estimate of drug-likeness (QED) is 0.634. The predicted octanol–water partition coefficient (Wildman–Crippen LogP) is 2.91. The average molecular weight is 359 g/mol. The summed E-state index contributed by atoms with van der Waals surface area (Å²) in [4.78, 5) is 23.5. The van der Waals surface area contributed by atoms with E-state index >= 15 is 0 Å². The van der Waals surface area contributed by atoms with Crippen LogP contribution in [0.25, 0.3) is 6.08 Å². The minimum Gasteiger partial charge on any atom is -0.454 e. The maximum Gasteiger partial charge on any atom is 0.331 e. The number of benzene rings is 1. The van der Waals surface area contributed by atoms with Gasteiger partial charge < -0.3 is 19.5 Å². The van der Waals surface area contributed by atoms with E-state index in [1.807, 2.05) is 35.9 Å². The number of ether oxygens (including phenoxy) is 3. The van der Waals surface area contributed by atoms with Gasteiger partial charge in [-0.05, 0) is 53.1 Å². The predicted molar refractivity (Wildman–Crippen MR) is 93.4 cm³/mol. The van der Waals surface area contributed by atoms with E-state index in [0.717, 1.165) is 11.1 Å². The molecule has 0 unspecified atom stereocenters. The van der Waals surface area contributed by atoms with Crippen molar-refractivity contribution in [3.63, 3.8) is 0 Å². The number of nitrogens with one attached hydrogen (secondary N) is 1. The summed E-state index contributed by atoms with van der Waals surface area (Å²) in [5.41, 5.74) is 1.80. The van der Waals surface area contributed by atoms with Gasteiger partial charge in [-0.15, -0.1) is 0 Å². The van der Waals surface area contributed by atoms with Crippen LogP contribution in [0.15, 0.2) is 41.1 Å². The molecule has 0 spiro atoms. The largest absolute Gasteiger partial charge is 0.454 e. The van der Waals surface area contributed by atoms with Gasteiger partial charge in [0.15, 0.2) is 18.1 Å². The van der Waals surface area contributed by atoms with Crippen LogP contribution >= 0.6 is 11.3 Å². The van der Waals surface area contributed by atoms with Crippen molar-refractivity contribution >= 4 is 29.3 Å². The highest BCUT2D eigenvalue weighted by molar-refractivity contribution is 7.08. The molecule has 1 atom stereocenters. The molecule has 1 N–H and O–H groups in total. The van der Waals surface area contributed by atoms with Crippen LogP contribution in [-0.2, 0) is 14.3 Å². The molecule has 0 saturated heterocycles. The minimum atomic E-state index is -0.558. The Balaban J connectivity index is 1.46. The van der Waals surface area contributed by atoms with Gasteiger partial charge in [-0.1, -0.05) is 6.07 Å². The van der Waals surface area contributed by atoms with E-state index in [1.54, 1.807) is 12.1 Å². The molecule has 0 aliphatic carbocycles. The highest BCUT2D eigenvalue weighted by Gasteiger charge is 2.17. The van der Waals surface area contributed by atoms with Crippen molar-refractivity contribution in [1.82, 2.24) is 5.32 Å². The van der Waals surface area contributed by atoms with E-state index in [9.17, 15) is 9.59 Å². The van der Waals surface area contributed by atoms with Crippen LogP contribution in [0, 0.1) is 0 Å². The first-order valence-electron chi connectivity index (χ1n) is 7.68. The van der Waals surface area contributed by atoms with Crippen LogP contribution in [0.2, 0.25) is 0 Å². The number of hydrogen-bond acceptors (Lipinski definition) is 6. The Labute approximate surface area is 149 Å². The fraction of sp³-hybridized carbons (Fsp3) is 0.222. The number of carbonyl (C=O) groups is 2. The first kappa shape index (κ1) is 17.0. The summed E-state index contributed by atoms with van der Waals surface area (Å²) in [6.07, 6.45) is 2.95. The van der Waals surface area contributed by atoms with Crippen LogP contribution in [0.3, 0.4) is 0 Å². The number of esters is 1. The lowest BCUT2D eigenvalue weighted by atomic mass is 10.1. The van der Waals surface area contributed by atoms with Gasteiger partial charge in [-0.3, -0.25) is 4.79 Å². The normalized spacial score (nSPS) is 13.6. The zero-order chi connectivity index (χ0) is 17.6. The van der Waals surface area contributed by atoms with Crippen LogP contribution < -0.4 is 14.8 Å². The summed E-state index contributed by atoms with van der Waals surface area (Å²) in [6.45, 7) is 1.71. The molecule has 0 radical (unpaired) electrons. The molecule has 0 bridgehead atoms. The Hall–Kier alpha value is -2.80. The molecule has 1 aromatic carbocycles.